The first-order valence-corrected chi connectivity index (χ1v) is 10.9. The van der Waals surface area contributed by atoms with E-state index in [4.69, 9.17) is 20.3 Å². The highest BCUT2D eigenvalue weighted by atomic mass is 16.5. The van der Waals surface area contributed by atoms with E-state index in [1.54, 1.807) is 22.9 Å². The van der Waals surface area contributed by atoms with Gasteiger partial charge in [-0.2, -0.15) is 5.10 Å². The lowest BCUT2D eigenvalue weighted by molar-refractivity contribution is 0.0258. The lowest BCUT2D eigenvalue weighted by Gasteiger charge is -2.29. The number of anilines is 1. The van der Waals surface area contributed by atoms with E-state index in [0.717, 1.165) is 23.8 Å². The number of nitrogens with zero attached hydrogens (tertiary/aromatic N) is 2. The predicted octanol–water partition coefficient (Wildman–Crippen LogP) is 3.48. The van der Waals surface area contributed by atoms with Crippen LogP contribution in [0.25, 0.3) is 11.3 Å². The van der Waals surface area contributed by atoms with Gasteiger partial charge >= 0.3 is 0 Å². The molecular weight excluding hydrogens is 420 g/mol. The van der Waals surface area contributed by atoms with Gasteiger partial charge in [-0.25, -0.2) is 4.68 Å². The summed E-state index contributed by atoms with van der Waals surface area (Å²) in [6, 6.07) is 14.8. The van der Waals surface area contributed by atoms with Gasteiger partial charge in [0, 0.05) is 24.6 Å². The largest absolute Gasteiger partial charge is 0.496 e. The molecule has 0 aliphatic carbocycles. The molecule has 3 aromatic rings. The Morgan fingerprint density at radius 2 is 2.03 bits per heavy atom. The van der Waals surface area contributed by atoms with E-state index < -0.39 is 0 Å². The fraction of sp³-hybridized carbons (Fsp3) is 0.320. The molecule has 2 heterocycles. The van der Waals surface area contributed by atoms with Gasteiger partial charge in [-0.15, -0.1) is 0 Å². The van der Waals surface area contributed by atoms with Crippen molar-refractivity contribution >= 4 is 18.0 Å². The normalized spacial score (nSPS) is 18.0. The molecule has 2 aromatic carbocycles. The number of methoxy groups -OCH3 is 1. The summed E-state index contributed by atoms with van der Waals surface area (Å²) in [4.78, 5) is 24.3. The van der Waals surface area contributed by atoms with Crippen LogP contribution in [-0.4, -0.2) is 42.3 Å². The first kappa shape index (κ1) is 22.5. The number of aromatic nitrogens is 2. The molecular formula is C25H28N4O4. The highest BCUT2D eigenvalue weighted by Crippen LogP contribution is 2.33. The number of rotatable bonds is 7. The average molecular weight is 449 g/mol. The minimum absolute atomic E-state index is 0.0932. The first-order valence-electron chi connectivity index (χ1n) is 10.9. The number of hydrogen-bond donors (Lipinski definition) is 2. The first-order chi connectivity index (χ1) is 16.0. The van der Waals surface area contributed by atoms with Gasteiger partial charge in [-0.1, -0.05) is 43.3 Å². The zero-order chi connectivity index (χ0) is 23.4. The molecule has 172 valence electrons. The molecule has 2 atom stereocenters. The summed E-state index contributed by atoms with van der Waals surface area (Å²) in [6.07, 6.45) is 1.56. The van der Waals surface area contributed by atoms with Crippen LogP contribution in [0.15, 0.2) is 48.5 Å². The average Bonchev–Trinajstić information content (AvgIpc) is 3.19. The molecule has 4 rings (SSSR count). The van der Waals surface area contributed by atoms with Gasteiger partial charge < -0.3 is 20.5 Å². The zero-order valence-electron chi connectivity index (χ0n) is 18.8. The number of nitrogen functional groups attached to an aromatic ring is 1. The topological polar surface area (TPSA) is 108 Å². The molecule has 1 aliphatic rings. The van der Waals surface area contributed by atoms with Crippen LogP contribution in [0.5, 0.6) is 5.75 Å². The van der Waals surface area contributed by atoms with E-state index in [0.29, 0.717) is 48.1 Å². The molecule has 1 fully saturated rings. The van der Waals surface area contributed by atoms with Crippen LogP contribution in [0.4, 0.5) is 5.82 Å². The van der Waals surface area contributed by atoms with E-state index in [-0.39, 0.29) is 17.9 Å². The maximum Gasteiger partial charge on any atom is 0.255 e. The van der Waals surface area contributed by atoms with Gasteiger partial charge in [0.1, 0.15) is 17.3 Å². The van der Waals surface area contributed by atoms with Crippen molar-refractivity contribution in [2.24, 2.45) is 5.92 Å². The molecule has 0 spiro atoms. The van der Waals surface area contributed by atoms with Gasteiger partial charge in [0.25, 0.3) is 5.91 Å². The van der Waals surface area contributed by atoms with Crippen molar-refractivity contribution in [3.05, 3.63) is 65.2 Å². The molecule has 0 saturated carbocycles. The van der Waals surface area contributed by atoms with Crippen molar-refractivity contribution in [3.8, 4) is 17.0 Å². The Labute approximate surface area is 192 Å². The summed E-state index contributed by atoms with van der Waals surface area (Å²) in [6.45, 7) is 3.74. The summed E-state index contributed by atoms with van der Waals surface area (Å²) in [5.41, 5.74) is 9.45. The van der Waals surface area contributed by atoms with Gasteiger partial charge in [-0.3, -0.25) is 9.59 Å². The third-order valence-corrected chi connectivity index (χ3v) is 6.05. The third-order valence-electron chi connectivity index (χ3n) is 6.05. The molecule has 8 heteroatoms. The van der Waals surface area contributed by atoms with Crippen molar-refractivity contribution in [1.29, 1.82) is 0 Å². The number of aldehydes is 1. The molecule has 0 bridgehead atoms. The van der Waals surface area contributed by atoms with Crippen LogP contribution in [0.3, 0.4) is 0 Å². The van der Waals surface area contributed by atoms with E-state index in [9.17, 15) is 9.59 Å². The molecule has 1 amide bonds. The van der Waals surface area contributed by atoms with Gasteiger partial charge in [-0.05, 0) is 24.1 Å². The number of benzene rings is 2. The predicted molar refractivity (Wildman–Crippen MR) is 125 cm³/mol. The lowest BCUT2D eigenvalue weighted by Crippen LogP contribution is -2.29. The van der Waals surface area contributed by atoms with Crippen LogP contribution in [0.1, 0.15) is 45.7 Å². The number of nitrogens with one attached hydrogen (secondary N) is 1. The Bertz CT molecular complexity index is 1140. The van der Waals surface area contributed by atoms with Crippen LogP contribution in [0, 0.1) is 5.92 Å². The summed E-state index contributed by atoms with van der Waals surface area (Å²) in [5, 5.41) is 7.61. The van der Waals surface area contributed by atoms with E-state index in [1.807, 2.05) is 30.3 Å². The van der Waals surface area contributed by atoms with Crippen LogP contribution >= 0.6 is 0 Å². The Hall–Kier alpha value is -3.65. The quantitative estimate of drug-likeness (QED) is 0.536. The molecule has 33 heavy (non-hydrogen) atoms. The second-order valence-corrected chi connectivity index (χ2v) is 8.20. The summed E-state index contributed by atoms with van der Waals surface area (Å²) in [7, 11) is 1.54. The molecule has 1 saturated heterocycles. The minimum Gasteiger partial charge on any atom is -0.496 e. The summed E-state index contributed by atoms with van der Waals surface area (Å²) >= 11 is 0. The second kappa shape index (κ2) is 9.87. The molecule has 0 radical (unpaired) electrons. The Kier molecular flexibility index (Phi) is 6.74. The number of nitrogens with two attached hydrogens (primary N) is 1. The van der Waals surface area contributed by atoms with E-state index >= 15 is 0 Å². The fourth-order valence-electron chi connectivity index (χ4n) is 4.16. The zero-order valence-corrected chi connectivity index (χ0v) is 18.8. The van der Waals surface area contributed by atoms with E-state index in [1.165, 1.54) is 7.11 Å². The number of carbonyl (C=O) groups is 2. The van der Waals surface area contributed by atoms with Crippen LogP contribution in [-0.2, 0) is 11.3 Å². The highest BCUT2D eigenvalue weighted by molar-refractivity contribution is 5.97. The SMILES string of the molecule is COc1ccccc1C(=O)NCc1ccc(-c2nn(C3CCOCC3C)c(N)c2C=O)cc1. The number of hydrogen-bond acceptors (Lipinski definition) is 6. The van der Waals surface area contributed by atoms with Crippen molar-refractivity contribution in [2.45, 2.75) is 25.9 Å². The van der Waals surface area contributed by atoms with Crippen LogP contribution < -0.4 is 15.8 Å². The van der Waals surface area contributed by atoms with Crippen molar-refractivity contribution in [3.63, 3.8) is 0 Å². The Morgan fingerprint density at radius 1 is 1.27 bits per heavy atom. The van der Waals surface area contributed by atoms with Gasteiger partial charge in [0.15, 0.2) is 6.29 Å². The minimum atomic E-state index is -0.211. The molecule has 3 N–H and O–H groups in total. The van der Waals surface area contributed by atoms with Crippen LogP contribution in [0.2, 0.25) is 0 Å². The summed E-state index contributed by atoms with van der Waals surface area (Å²) < 4.78 is 12.6. The van der Waals surface area contributed by atoms with E-state index in [2.05, 4.69) is 12.2 Å². The Morgan fingerprint density at radius 3 is 2.73 bits per heavy atom. The smallest absolute Gasteiger partial charge is 0.255 e. The number of carbonyl (C=O) groups excluding carboxylic acids is 2. The van der Waals surface area contributed by atoms with Crippen molar-refractivity contribution in [1.82, 2.24) is 15.1 Å². The molecule has 8 nitrogen and oxygen atoms in total. The number of amides is 1. The van der Waals surface area contributed by atoms with Crippen molar-refractivity contribution in [2.75, 3.05) is 26.1 Å². The number of para-hydroxylation sites is 1. The molecule has 2 unspecified atom stereocenters. The third kappa shape index (κ3) is 4.61. The lowest BCUT2D eigenvalue weighted by atomic mass is 9.98. The standard InChI is InChI=1S/C25H28N4O4/c1-16-15-33-12-11-21(16)29-24(26)20(14-30)23(28-29)18-9-7-17(8-10-18)13-27-25(31)19-5-3-4-6-22(19)32-2/h3-10,14,16,21H,11-13,15,26H2,1-2H3,(H,27,31). The van der Waals surface area contributed by atoms with Gasteiger partial charge in [0.2, 0.25) is 0 Å². The van der Waals surface area contributed by atoms with Gasteiger partial charge in [0.05, 0.1) is 30.9 Å². The Balaban J connectivity index is 1.51. The maximum absolute atomic E-state index is 12.5. The molecule has 1 aromatic heterocycles. The summed E-state index contributed by atoms with van der Waals surface area (Å²) in [5.74, 6) is 0.949. The highest BCUT2D eigenvalue weighted by Gasteiger charge is 2.28. The monoisotopic (exact) mass is 448 g/mol. The second-order valence-electron chi connectivity index (χ2n) is 8.20. The van der Waals surface area contributed by atoms with Crippen molar-refractivity contribution < 1.29 is 19.1 Å². The number of ether oxygens (including phenoxy) is 2. The molecule has 1 aliphatic heterocycles. The fourth-order valence-corrected chi connectivity index (χ4v) is 4.16. The maximum atomic E-state index is 12.5.